The lowest BCUT2D eigenvalue weighted by Gasteiger charge is -2.07. The fraction of sp³-hybridized carbons (Fsp3) is 0.0714. The van der Waals surface area contributed by atoms with E-state index in [-0.39, 0.29) is 11.9 Å². The summed E-state index contributed by atoms with van der Waals surface area (Å²) < 4.78 is 9.94. The maximum Gasteiger partial charge on any atom is 0.488 e. The number of anilines is 2. The van der Waals surface area contributed by atoms with Gasteiger partial charge in [0, 0.05) is 21.4 Å². The van der Waals surface area contributed by atoms with E-state index in [1.54, 1.807) is 54.6 Å². The SMILES string of the molecule is COC(=O)c1ccc(-c2ccccc2)c(N)c1.COC(=O)c1ccc(Br)c(N)c1.OB(O)c1ccccc1. The summed E-state index contributed by atoms with van der Waals surface area (Å²) in [6.45, 7) is 0. The molecule has 0 atom stereocenters. The third kappa shape index (κ3) is 9.08. The van der Waals surface area contributed by atoms with E-state index in [1.165, 1.54) is 14.2 Å². The van der Waals surface area contributed by atoms with Gasteiger partial charge in [0.25, 0.3) is 0 Å². The molecule has 0 saturated heterocycles. The first-order valence-electron chi connectivity index (χ1n) is 11.3. The minimum absolute atomic E-state index is 0.378. The number of hydrogen-bond acceptors (Lipinski definition) is 8. The minimum Gasteiger partial charge on any atom is -0.465 e. The van der Waals surface area contributed by atoms with Crippen molar-refractivity contribution in [2.45, 2.75) is 0 Å². The van der Waals surface area contributed by atoms with Crippen LogP contribution in [0.1, 0.15) is 20.7 Å². The molecule has 0 aliphatic carbocycles. The predicted molar refractivity (Wildman–Crippen MR) is 154 cm³/mol. The monoisotopic (exact) mass is 578 g/mol. The Morgan fingerprint density at radius 1 is 0.711 bits per heavy atom. The molecule has 0 unspecified atom stereocenters. The van der Waals surface area contributed by atoms with Gasteiger partial charge >= 0.3 is 19.1 Å². The number of nitrogen functional groups attached to an aromatic ring is 2. The van der Waals surface area contributed by atoms with E-state index in [1.807, 2.05) is 42.5 Å². The molecule has 0 saturated carbocycles. The maximum atomic E-state index is 11.3. The lowest BCUT2D eigenvalue weighted by molar-refractivity contribution is 0.0592. The number of hydrogen-bond donors (Lipinski definition) is 4. The van der Waals surface area contributed by atoms with Crippen LogP contribution in [0.4, 0.5) is 11.4 Å². The van der Waals surface area contributed by atoms with E-state index in [0.717, 1.165) is 15.6 Å². The normalized spacial score (nSPS) is 9.61. The van der Waals surface area contributed by atoms with Crippen molar-refractivity contribution < 1.29 is 29.1 Å². The van der Waals surface area contributed by atoms with Crippen LogP contribution >= 0.6 is 15.9 Å². The molecule has 0 heterocycles. The van der Waals surface area contributed by atoms with E-state index in [2.05, 4.69) is 25.4 Å². The summed E-state index contributed by atoms with van der Waals surface area (Å²) in [6, 6.07) is 28.5. The molecule has 0 aromatic heterocycles. The number of esters is 2. The third-order valence-electron chi connectivity index (χ3n) is 5.07. The highest BCUT2D eigenvalue weighted by atomic mass is 79.9. The van der Waals surface area contributed by atoms with E-state index >= 15 is 0 Å². The summed E-state index contributed by atoms with van der Waals surface area (Å²) in [5.41, 5.74) is 16.0. The average molecular weight is 579 g/mol. The van der Waals surface area contributed by atoms with Crippen LogP contribution in [0.3, 0.4) is 0 Å². The first-order valence-corrected chi connectivity index (χ1v) is 12.0. The predicted octanol–water partition coefficient (Wildman–Crippen LogP) is 3.91. The number of ether oxygens (including phenoxy) is 2. The number of rotatable bonds is 4. The van der Waals surface area contributed by atoms with Gasteiger partial charge in [-0.15, -0.1) is 0 Å². The molecule has 196 valence electrons. The summed E-state index contributed by atoms with van der Waals surface area (Å²) in [5, 5.41) is 17.2. The van der Waals surface area contributed by atoms with Gasteiger partial charge in [-0.25, -0.2) is 9.59 Å². The van der Waals surface area contributed by atoms with Crippen molar-refractivity contribution >= 4 is 51.8 Å². The molecule has 6 N–H and O–H groups in total. The fourth-order valence-electron chi connectivity index (χ4n) is 3.10. The Kier molecular flexibility index (Phi) is 12.1. The molecular weight excluding hydrogens is 551 g/mol. The van der Waals surface area contributed by atoms with Crippen molar-refractivity contribution in [1.29, 1.82) is 0 Å². The van der Waals surface area contributed by atoms with Gasteiger partial charge in [0.05, 0.1) is 25.3 Å². The number of carbonyl (C=O) groups is 2. The van der Waals surface area contributed by atoms with E-state index in [0.29, 0.717) is 28.0 Å². The second-order valence-electron chi connectivity index (χ2n) is 7.67. The Bertz CT molecular complexity index is 1340. The Hall–Kier alpha value is -4.12. The molecule has 0 spiro atoms. The Morgan fingerprint density at radius 3 is 1.61 bits per heavy atom. The molecule has 10 heteroatoms. The van der Waals surface area contributed by atoms with Crippen LogP contribution < -0.4 is 16.9 Å². The van der Waals surface area contributed by atoms with Crippen LogP contribution in [0.15, 0.2) is 102 Å². The Morgan fingerprint density at radius 2 is 1.18 bits per heavy atom. The van der Waals surface area contributed by atoms with Crippen molar-refractivity contribution in [1.82, 2.24) is 0 Å². The van der Waals surface area contributed by atoms with Crippen LogP contribution in [-0.2, 0) is 9.47 Å². The van der Waals surface area contributed by atoms with Gasteiger partial charge in [-0.05, 0) is 57.3 Å². The smallest absolute Gasteiger partial charge is 0.465 e. The maximum absolute atomic E-state index is 11.3. The molecule has 0 bridgehead atoms. The lowest BCUT2D eigenvalue weighted by atomic mass is 9.81. The topological polar surface area (TPSA) is 145 Å². The summed E-state index contributed by atoms with van der Waals surface area (Å²) in [6.07, 6.45) is 0. The lowest BCUT2D eigenvalue weighted by Crippen LogP contribution is -2.29. The van der Waals surface area contributed by atoms with Gasteiger partial charge < -0.3 is 31.0 Å². The molecule has 38 heavy (non-hydrogen) atoms. The third-order valence-corrected chi connectivity index (χ3v) is 5.79. The average Bonchev–Trinajstić information content (AvgIpc) is 2.95. The minimum atomic E-state index is -1.34. The zero-order chi connectivity index (χ0) is 28.1. The standard InChI is InChI=1S/C14H13NO2.C8H8BrNO2.C6H7BO2/c1-17-14(16)11-7-8-12(13(15)9-11)10-5-3-2-4-6-10;1-12-8(11)5-2-3-6(9)7(10)4-5;8-7(9)6-4-2-1-3-5-6/h2-9H,15H2,1H3;2-4H,10H2,1H3;1-5,8-9H. The molecule has 4 aromatic rings. The second-order valence-corrected chi connectivity index (χ2v) is 8.53. The summed E-state index contributed by atoms with van der Waals surface area (Å²) in [7, 11) is 1.34. The summed E-state index contributed by atoms with van der Waals surface area (Å²) in [5.74, 6) is -0.759. The molecule has 0 fully saturated rings. The van der Waals surface area contributed by atoms with Crippen LogP contribution in [0, 0.1) is 0 Å². The van der Waals surface area contributed by atoms with E-state index < -0.39 is 7.12 Å². The molecule has 4 aromatic carbocycles. The highest BCUT2D eigenvalue weighted by molar-refractivity contribution is 9.10. The van der Waals surface area contributed by atoms with Crippen LogP contribution in [0.5, 0.6) is 0 Å². The Balaban J connectivity index is 0.000000212. The fourth-order valence-corrected chi connectivity index (χ4v) is 3.35. The van der Waals surface area contributed by atoms with Gasteiger partial charge in [0.15, 0.2) is 0 Å². The van der Waals surface area contributed by atoms with Crippen molar-refractivity contribution in [3.63, 3.8) is 0 Å². The second kappa shape index (κ2) is 15.2. The van der Waals surface area contributed by atoms with Crippen LogP contribution in [-0.4, -0.2) is 43.3 Å². The van der Waals surface area contributed by atoms with Crippen LogP contribution in [0.25, 0.3) is 11.1 Å². The number of methoxy groups -OCH3 is 2. The number of nitrogens with two attached hydrogens (primary N) is 2. The van der Waals surface area contributed by atoms with E-state index in [4.69, 9.17) is 21.5 Å². The van der Waals surface area contributed by atoms with Crippen molar-refractivity contribution in [3.05, 3.63) is 113 Å². The molecule has 0 aliphatic rings. The highest BCUT2D eigenvalue weighted by Gasteiger charge is 2.09. The molecule has 0 radical (unpaired) electrons. The molecule has 0 aliphatic heterocycles. The van der Waals surface area contributed by atoms with Gasteiger partial charge in [0.2, 0.25) is 0 Å². The first kappa shape index (κ1) is 30.1. The van der Waals surface area contributed by atoms with Crippen molar-refractivity contribution in [2.24, 2.45) is 0 Å². The molecule has 4 rings (SSSR count). The largest absolute Gasteiger partial charge is 0.488 e. The number of halogens is 1. The van der Waals surface area contributed by atoms with Gasteiger partial charge in [-0.3, -0.25) is 0 Å². The van der Waals surface area contributed by atoms with Gasteiger partial charge in [-0.1, -0.05) is 66.7 Å². The summed E-state index contributed by atoms with van der Waals surface area (Å²) in [4.78, 5) is 22.3. The quantitative estimate of drug-likeness (QED) is 0.162. The van der Waals surface area contributed by atoms with Crippen molar-refractivity contribution in [3.8, 4) is 11.1 Å². The van der Waals surface area contributed by atoms with Crippen LogP contribution in [0.2, 0.25) is 0 Å². The van der Waals surface area contributed by atoms with Gasteiger partial charge in [0.1, 0.15) is 0 Å². The number of carbonyl (C=O) groups excluding carboxylic acids is 2. The molecule has 8 nitrogen and oxygen atoms in total. The van der Waals surface area contributed by atoms with Gasteiger partial charge in [-0.2, -0.15) is 0 Å². The van der Waals surface area contributed by atoms with Crippen molar-refractivity contribution in [2.75, 3.05) is 25.7 Å². The first-order chi connectivity index (χ1) is 18.2. The number of benzene rings is 4. The molecular formula is C28H28BBrN2O6. The Labute approximate surface area is 230 Å². The zero-order valence-electron chi connectivity index (χ0n) is 20.9. The summed E-state index contributed by atoms with van der Waals surface area (Å²) >= 11 is 3.22. The van der Waals surface area contributed by atoms with E-state index in [9.17, 15) is 9.59 Å². The highest BCUT2D eigenvalue weighted by Crippen LogP contribution is 2.26. The zero-order valence-corrected chi connectivity index (χ0v) is 22.5. The molecule has 0 amide bonds.